The van der Waals surface area contributed by atoms with Crippen molar-refractivity contribution in [1.29, 1.82) is 5.26 Å². The highest BCUT2D eigenvalue weighted by Crippen LogP contribution is 2.35. The van der Waals surface area contributed by atoms with Crippen molar-refractivity contribution in [3.63, 3.8) is 0 Å². The van der Waals surface area contributed by atoms with Crippen LogP contribution >= 0.6 is 11.3 Å². The highest BCUT2D eigenvalue weighted by molar-refractivity contribution is 7.16. The van der Waals surface area contributed by atoms with Crippen molar-refractivity contribution in [1.82, 2.24) is 19.8 Å². The fourth-order valence-corrected chi connectivity index (χ4v) is 4.59. The van der Waals surface area contributed by atoms with E-state index in [0.29, 0.717) is 40.7 Å². The summed E-state index contributed by atoms with van der Waals surface area (Å²) in [5, 5.41) is 22.7. The van der Waals surface area contributed by atoms with Crippen LogP contribution in [0.3, 0.4) is 0 Å². The molecule has 2 N–H and O–H groups in total. The lowest BCUT2D eigenvalue weighted by molar-refractivity contribution is 0.629. The van der Waals surface area contributed by atoms with Crippen molar-refractivity contribution < 1.29 is 4.39 Å². The summed E-state index contributed by atoms with van der Waals surface area (Å²) in [7, 11) is 0. The second-order valence-corrected chi connectivity index (χ2v) is 7.63. The van der Waals surface area contributed by atoms with Crippen molar-refractivity contribution in [3.05, 3.63) is 58.2 Å². The van der Waals surface area contributed by atoms with Gasteiger partial charge in [-0.15, -0.1) is 26.6 Å². The molecule has 0 saturated carbocycles. The smallest absolute Gasteiger partial charge is 0.188 e. The Hall–Kier alpha value is -3.51. The SMILES string of the molecule is N#Cc1c(N)sc2c1CCN(c1ccc3nnc(-c4ccccc4F)n3n1)C2. The minimum atomic E-state index is -0.371. The van der Waals surface area contributed by atoms with Gasteiger partial charge in [-0.1, -0.05) is 12.1 Å². The maximum Gasteiger partial charge on any atom is 0.188 e. The Morgan fingerprint density at radius 1 is 1.18 bits per heavy atom. The number of nitrogens with zero attached hydrogens (tertiary/aromatic N) is 6. The molecule has 138 valence electrons. The number of nitrogens with two attached hydrogens (primary N) is 1. The Morgan fingerprint density at radius 3 is 2.86 bits per heavy atom. The summed E-state index contributed by atoms with van der Waals surface area (Å²) >= 11 is 1.45. The first-order valence-electron chi connectivity index (χ1n) is 8.68. The van der Waals surface area contributed by atoms with Crippen molar-refractivity contribution in [2.45, 2.75) is 13.0 Å². The van der Waals surface area contributed by atoms with Gasteiger partial charge in [0.1, 0.15) is 22.7 Å². The summed E-state index contributed by atoms with van der Waals surface area (Å²) in [6, 6.07) is 12.3. The Labute approximate surface area is 163 Å². The average molecular weight is 391 g/mol. The number of benzene rings is 1. The lowest BCUT2D eigenvalue weighted by Crippen LogP contribution is -2.30. The van der Waals surface area contributed by atoms with Gasteiger partial charge in [0.15, 0.2) is 11.5 Å². The Bertz CT molecular complexity index is 1250. The molecule has 0 aliphatic carbocycles. The van der Waals surface area contributed by atoms with Crippen LogP contribution in [-0.4, -0.2) is 26.4 Å². The predicted octanol–water partition coefficient (Wildman–Crippen LogP) is 3.01. The first-order chi connectivity index (χ1) is 13.7. The summed E-state index contributed by atoms with van der Waals surface area (Å²) in [4.78, 5) is 3.20. The lowest BCUT2D eigenvalue weighted by atomic mass is 10.0. The summed E-state index contributed by atoms with van der Waals surface area (Å²) < 4.78 is 15.8. The van der Waals surface area contributed by atoms with E-state index in [1.54, 1.807) is 22.7 Å². The minimum Gasteiger partial charge on any atom is -0.389 e. The van der Waals surface area contributed by atoms with Gasteiger partial charge in [0, 0.05) is 11.4 Å². The van der Waals surface area contributed by atoms with Crippen LogP contribution in [0.4, 0.5) is 15.2 Å². The Kier molecular flexibility index (Phi) is 3.74. The fraction of sp³-hybridized carbons (Fsp3) is 0.158. The van der Waals surface area contributed by atoms with E-state index in [-0.39, 0.29) is 5.82 Å². The standard InChI is InChI=1S/C19H14FN7S/c20-14-4-2-1-3-12(14)19-24-23-16-5-6-17(25-27(16)19)26-8-7-11-13(9-21)18(22)28-15(11)10-26/h1-6H,7-8,10,22H2. The van der Waals surface area contributed by atoms with Gasteiger partial charge in [-0.25, -0.2) is 4.39 Å². The average Bonchev–Trinajstić information content (AvgIpc) is 3.27. The summed E-state index contributed by atoms with van der Waals surface area (Å²) in [6.45, 7) is 1.34. The first kappa shape index (κ1) is 16.6. The first-order valence-corrected chi connectivity index (χ1v) is 9.50. The third-order valence-electron chi connectivity index (χ3n) is 4.88. The van der Waals surface area contributed by atoms with Crippen LogP contribution in [0.25, 0.3) is 17.0 Å². The van der Waals surface area contributed by atoms with Gasteiger partial charge in [-0.2, -0.15) is 9.78 Å². The molecule has 0 unspecified atom stereocenters. The van der Waals surface area contributed by atoms with E-state index in [1.165, 1.54) is 17.4 Å². The number of nitriles is 1. The van der Waals surface area contributed by atoms with Crippen LogP contribution in [0, 0.1) is 17.1 Å². The number of hydrogen-bond donors (Lipinski definition) is 1. The molecule has 0 saturated heterocycles. The number of rotatable bonds is 2. The van der Waals surface area contributed by atoms with Crippen molar-refractivity contribution in [2.75, 3.05) is 17.2 Å². The van der Waals surface area contributed by atoms with Gasteiger partial charge in [0.2, 0.25) is 0 Å². The van der Waals surface area contributed by atoms with Gasteiger partial charge in [0.25, 0.3) is 0 Å². The zero-order valence-corrected chi connectivity index (χ0v) is 15.4. The van der Waals surface area contributed by atoms with E-state index in [0.717, 1.165) is 22.7 Å². The fourth-order valence-electron chi connectivity index (χ4n) is 3.50. The maximum atomic E-state index is 14.2. The third-order valence-corrected chi connectivity index (χ3v) is 5.93. The molecule has 0 radical (unpaired) electrons. The molecule has 1 aliphatic rings. The zero-order chi connectivity index (χ0) is 19.3. The van der Waals surface area contributed by atoms with Crippen LogP contribution < -0.4 is 10.6 Å². The molecular weight excluding hydrogens is 377 g/mol. The zero-order valence-electron chi connectivity index (χ0n) is 14.6. The van der Waals surface area contributed by atoms with Crippen molar-refractivity contribution >= 4 is 27.8 Å². The van der Waals surface area contributed by atoms with Crippen molar-refractivity contribution in [2.24, 2.45) is 0 Å². The van der Waals surface area contributed by atoms with Gasteiger partial charge < -0.3 is 10.6 Å². The molecule has 1 aromatic carbocycles. The predicted molar refractivity (Wildman–Crippen MR) is 104 cm³/mol. The van der Waals surface area contributed by atoms with Gasteiger partial charge in [0.05, 0.1) is 17.7 Å². The largest absolute Gasteiger partial charge is 0.389 e. The van der Waals surface area contributed by atoms with Crippen LogP contribution in [0.15, 0.2) is 36.4 Å². The molecule has 0 spiro atoms. The number of aromatic nitrogens is 4. The molecule has 0 bridgehead atoms. The number of fused-ring (bicyclic) bond motifs is 2. The van der Waals surface area contributed by atoms with Crippen molar-refractivity contribution in [3.8, 4) is 17.5 Å². The molecule has 0 amide bonds. The van der Waals surface area contributed by atoms with E-state index >= 15 is 0 Å². The molecule has 1 aliphatic heterocycles. The number of hydrogen-bond acceptors (Lipinski definition) is 7. The molecular formula is C19H14FN7S. The molecule has 28 heavy (non-hydrogen) atoms. The highest BCUT2D eigenvalue weighted by atomic mass is 32.1. The van der Waals surface area contributed by atoms with Crippen LogP contribution in [-0.2, 0) is 13.0 Å². The lowest BCUT2D eigenvalue weighted by Gasteiger charge is -2.27. The van der Waals surface area contributed by atoms with E-state index in [9.17, 15) is 9.65 Å². The summed E-state index contributed by atoms with van der Waals surface area (Å²) in [5.41, 5.74) is 8.52. The molecule has 4 aromatic rings. The molecule has 9 heteroatoms. The van der Waals surface area contributed by atoms with Crippen LogP contribution in [0.2, 0.25) is 0 Å². The maximum absolute atomic E-state index is 14.2. The van der Waals surface area contributed by atoms with E-state index in [4.69, 9.17) is 5.73 Å². The second-order valence-electron chi connectivity index (χ2n) is 6.49. The second kappa shape index (κ2) is 6.28. The quantitative estimate of drug-likeness (QED) is 0.564. The number of thiophene rings is 1. The van der Waals surface area contributed by atoms with E-state index in [2.05, 4.69) is 26.3 Å². The summed E-state index contributed by atoms with van der Waals surface area (Å²) in [5.74, 6) is 0.727. The molecule has 4 heterocycles. The third kappa shape index (κ3) is 2.50. The van der Waals surface area contributed by atoms with E-state index < -0.39 is 0 Å². The Balaban J connectivity index is 1.55. The molecule has 0 atom stereocenters. The molecule has 5 rings (SSSR count). The topological polar surface area (TPSA) is 96.1 Å². The normalized spacial score (nSPS) is 13.5. The molecule has 7 nitrogen and oxygen atoms in total. The monoisotopic (exact) mass is 391 g/mol. The van der Waals surface area contributed by atoms with Crippen LogP contribution in [0.5, 0.6) is 0 Å². The number of nitrogen functional groups attached to an aromatic ring is 1. The minimum absolute atomic E-state index is 0.352. The molecule has 3 aromatic heterocycles. The molecule has 0 fully saturated rings. The highest BCUT2D eigenvalue weighted by Gasteiger charge is 2.25. The number of anilines is 2. The van der Waals surface area contributed by atoms with Gasteiger partial charge in [-0.05, 0) is 36.2 Å². The Morgan fingerprint density at radius 2 is 2.04 bits per heavy atom. The van der Waals surface area contributed by atoms with Crippen LogP contribution in [0.1, 0.15) is 16.0 Å². The summed E-state index contributed by atoms with van der Waals surface area (Å²) in [6.07, 6.45) is 0.730. The van der Waals surface area contributed by atoms with E-state index in [1.807, 2.05) is 12.1 Å². The van der Waals surface area contributed by atoms with Gasteiger partial charge >= 0.3 is 0 Å². The number of halogens is 1. The van der Waals surface area contributed by atoms with Gasteiger partial charge in [-0.3, -0.25) is 0 Å².